The molecule has 1 aromatic carbocycles. The van der Waals surface area contributed by atoms with Crippen molar-refractivity contribution in [3.8, 4) is 0 Å². The van der Waals surface area contributed by atoms with E-state index in [2.05, 4.69) is 33.9 Å². The van der Waals surface area contributed by atoms with Gasteiger partial charge in [0, 0.05) is 11.5 Å². The SMILES string of the molecule is Cc1ccc2ncn(C)c2c1Br. The van der Waals surface area contributed by atoms with Gasteiger partial charge in [-0.05, 0) is 34.5 Å². The Balaban J connectivity index is 2.96. The molecule has 0 fully saturated rings. The first-order chi connectivity index (χ1) is 5.70. The average molecular weight is 225 g/mol. The highest BCUT2D eigenvalue weighted by molar-refractivity contribution is 9.10. The minimum Gasteiger partial charge on any atom is -0.333 e. The van der Waals surface area contributed by atoms with Crippen LogP contribution in [0.2, 0.25) is 0 Å². The second-order valence-corrected chi connectivity index (χ2v) is 3.71. The molecule has 0 amide bonds. The third-order valence-electron chi connectivity index (χ3n) is 2.01. The molecule has 3 heteroatoms. The molecule has 0 N–H and O–H groups in total. The summed E-state index contributed by atoms with van der Waals surface area (Å²) in [6.07, 6.45) is 1.83. The zero-order chi connectivity index (χ0) is 8.72. The van der Waals surface area contributed by atoms with Crippen molar-refractivity contribution in [2.75, 3.05) is 0 Å². The maximum atomic E-state index is 4.25. The van der Waals surface area contributed by atoms with Crippen LogP contribution in [0.15, 0.2) is 22.9 Å². The lowest BCUT2D eigenvalue weighted by Crippen LogP contribution is -1.86. The molecule has 1 aromatic heterocycles. The number of halogens is 1. The maximum absolute atomic E-state index is 4.25. The first kappa shape index (κ1) is 7.80. The number of hydrogen-bond donors (Lipinski definition) is 0. The molecule has 0 aliphatic rings. The van der Waals surface area contributed by atoms with Crippen molar-refractivity contribution >= 4 is 27.0 Å². The number of benzene rings is 1. The van der Waals surface area contributed by atoms with E-state index in [1.165, 1.54) is 5.56 Å². The van der Waals surface area contributed by atoms with Gasteiger partial charge >= 0.3 is 0 Å². The number of imidazole rings is 1. The summed E-state index contributed by atoms with van der Waals surface area (Å²) in [7, 11) is 2.00. The molecule has 0 atom stereocenters. The molecule has 2 rings (SSSR count). The lowest BCUT2D eigenvalue weighted by molar-refractivity contribution is 0.945. The van der Waals surface area contributed by atoms with Crippen LogP contribution in [-0.2, 0) is 7.05 Å². The molecule has 2 nitrogen and oxygen atoms in total. The fourth-order valence-electron chi connectivity index (χ4n) is 1.30. The largest absolute Gasteiger partial charge is 0.333 e. The van der Waals surface area contributed by atoms with E-state index >= 15 is 0 Å². The zero-order valence-electron chi connectivity index (χ0n) is 7.00. The molecule has 1 heterocycles. The molecule has 2 aromatic rings. The molecule has 0 bridgehead atoms. The summed E-state index contributed by atoms with van der Waals surface area (Å²) in [4.78, 5) is 4.25. The zero-order valence-corrected chi connectivity index (χ0v) is 8.59. The molecular formula is C9H9BrN2. The van der Waals surface area contributed by atoms with Gasteiger partial charge in [0.25, 0.3) is 0 Å². The number of aromatic nitrogens is 2. The van der Waals surface area contributed by atoms with Crippen LogP contribution in [0, 0.1) is 6.92 Å². The normalized spacial score (nSPS) is 10.9. The highest BCUT2D eigenvalue weighted by atomic mass is 79.9. The molecule has 0 aliphatic carbocycles. The van der Waals surface area contributed by atoms with Crippen LogP contribution in [0.4, 0.5) is 0 Å². The summed E-state index contributed by atoms with van der Waals surface area (Å²) < 4.78 is 3.16. The van der Waals surface area contributed by atoms with Gasteiger partial charge < -0.3 is 4.57 Å². The van der Waals surface area contributed by atoms with Crippen LogP contribution >= 0.6 is 15.9 Å². The summed E-state index contributed by atoms with van der Waals surface area (Å²) in [6.45, 7) is 2.08. The summed E-state index contributed by atoms with van der Waals surface area (Å²) >= 11 is 3.55. The van der Waals surface area contributed by atoms with Crippen LogP contribution in [0.5, 0.6) is 0 Å². The Morgan fingerprint density at radius 2 is 2.17 bits per heavy atom. The first-order valence-corrected chi connectivity index (χ1v) is 4.55. The van der Waals surface area contributed by atoms with E-state index < -0.39 is 0 Å². The Morgan fingerprint density at radius 3 is 2.92 bits per heavy atom. The molecule has 62 valence electrons. The predicted octanol–water partition coefficient (Wildman–Crippen LogP) is 2.64. The smallest absolute Gasteiger partial charge is 0.0955 e. The highest BCUT2D eigenvalue weighted by Gasteiger charge is 2.05. The van der Waals surface area contributed by atoms with Crippen molar-refractivity contribution in [3.05, 3.63) is 28.5 Å². The van der Waals surface area contributed by atoms with E-state index in [0.717, 1.165) is 15.5 Å². The van der Waals surface area contributed by atoms with Crippen LogP contribution in [0.25, 0.3) is 11.0 Å². The van der Waals surface area contributed by atoms with Gasteiger partial charge in [-0.15, -0.1) is 0 Å². The van der Waals surface area contributed by atoms with Crippen molar-refractivity contribution in [3.63, 3.8) is 0 Å². The first-order valence-electron chi connectivity index (χ1n) is 3.76. The van der Waals surface area contributed by atoms with Crippen molar-refractivity contribution in [2.24, 2.45) is 7.05 Å². The Morgan fingerprint density at radius 1 is 1.42 bits per heavy atom. The summed E-state index contributed by atoms with van der Waals surface area (Å²) in [5.74, 6) is 0. The predicted molar refractivity (Wildman–Crippen MR) is 53.2 cm³/mol. The third-order valence-corrected chi connectivity index (χ3v) is 3.01. The topological polar surface area (TPSA) is 17.8 Å². The van der Waals surface area contributed by atoms with E-state index in [9.17, 15) is 0 Å². The van der Waals surface area contributed by atoms with Gasteiger partial charge in [0.1, 0.15) is 0 Å². The van der Waals surface area contributed by atoms with E-state index in [1.807, 2.05) is 24.0 Å². The van der Waals surface area contributed by atoms with Crippen molar-refractivity contribution < 1.29 is 0 Å². The molecule has 0 unspecified atom stereocenters. The van der Waals surface area contributed by atoms with Crippen LogP contribution in [0.1, 0.15) is 5.56 Å². The molecule has 12 heavy (non-hydrogen) atoms. The molecule has 0 aliphatic heterocycles. The second-order valence-electron chi connectivity index (χ2n) is 2.92. The standard InChI is InChI=1S/C9H9BrN2/c1-6-3-4-7-9(8(6)10)12(2)5-11-7/h3-5H,1-2H3. The van der Waals surface area contributed by atoms with Crippen molar-refractivity contribution in [1.82, 2.24) is 9.55 Å². The summed E-state index contributed by atoms with van der Waals surface area (Å²) in [5.41, 5.74) is 3.44. The lowest BCUT2D eigenvalue weighted by atomic mass is 10.2. The second kappa shape index (κ2) is 2.59. The van der Waals surface area contributed by atoms with Gasteiger partial charge in [-0.3, -0.25) is 0 Å². The van der Waals surface area contributed by atoms with E-state index in [-0.39, 0.29) is 0 Å². The van der Waals surface area contributed by atoms with Gasteiger partial charge in [0.15, 0.2) is 0 Å². The number of nitrogens with zero attached hydrogens (tertiary/aromatic N) is 2. The quantitative estimate of drug-likeness (QED) is 0.673. The molecule has 0 radical (unpaired) electrons. The Hall–Kier alpha value is -0.830. The van der Waals surface area contributed by atoms with Gasteiger partial charge in [0.2, 0.25) is 0 Å². The number of aryl methyl sites for hydroxylation is 2. The number of hydrogen-bond acceptors (Lipinski definition) is 1. The van der Waals surface area contributed by atoms with E-state index in [0.29, 0.717) is 0 Å². The van der Waals surface area contributed by atoms with Crippen LogP contribution in [-0.4, -0.2) is 9.55 Å². The van der Waals surface area contributed by atoms with Gasteiger partial charge in [0.05, 0.1) is 17.4 Å². The number of fused-ring (bicyclic) bond motifs is 1. The van der Waals surface area contributed by atoms with Crippen LogP contribution in [0.3, 0.4) is 0 Å². The average Bonchev–Trinajstić information content (AvgIpc) is 2.41. The lowest BCUT2D eigenvalue weighted by Gasteiger charge is -2.00. The molecule has 0 spiro atoms. The number of rotatable bonds is 0. The van der Waals surface area contributed by atoms with Crippen molar-refractivity contribution in [1.29, 1.82) is 0 Å². The molecule has 0 saturated carbocycles. The van der Waals surface area contributed by atoms with Gasteiger partial charge in [-0.25, -0.2) is 4.98 Å². The van der Waals surface area contributed by atoms with Gasteiger partial charge in [-0.2, -0.15) is 0 Å². The Labute approximate surface area is 79.3 Å². The summed E-state index contributed by atoms with van der Waals surface area (Å²) in [6, 6.07) is 4.11. The van der Waals surface area contributed by atoms with E-state index in [4.69, 9.17) is 0 Å². The molecule has 0 saturated heterocycles. The Bertz CT molecular complexity index is 431. The van der Waals surface area contributed by atoms with E-state index in [1.54, 1.807) is 0 Å². The highest BCUT2D eigenvalue weighted by Crippen LogP contribution is 2.25. The van der Waals surface area contributed by atoms with Gasteiger partial charge in [-0.1, -0.05) is 6.07 Å². The fourth-order valence-corrected chi connectivity index (χ4v) is 1.92. The Kier molecular flexibility index (Phi) is 1.68. The fraction of sp³-hybridized carbons (Fsp3) is 0.222. The minimum absolute atomic E-state index is 1.04. The third kappa shape index (κ3) is 0.966. The maximum Gasteiger partial charge on any atom is 0.0955 e. The van der Waals surface area contributed by atoms with Crippen molar-refractivity contribution in [2.45, 2.75) is 6.92 Å². The molecular weight excluding hydrogens is 216 g/mol. The minimum atomic E-state index is 1.04. The summed E-state index contributed by atoms with van der Waals surface area (Å²) in [5, 5.41) is 0. The van der Waals surface area contributed by atoms with Crippen LogP contribution < -0.4 is 0 Å². The monoisotopic (exact) mass is 224 g/mol.